The molecule has 1 atom stereocenters. The smallest absolute Gasteiger partial charge is 0.225 e. The van der Waals surface area contributed by atoms with Crippen LogP contribution in [0.25, 0.3) is 11.1 Å². The van der Waals surface area contributed by atoms with Crippen LogP contribution in [0, 0.1) is 11.7 Å². The lowest BCUT2D eigenvalue weighted by atomic mass is 9.86. The minimum atomic E-state index is -0.235. The van der Waals surface area contributed by atoms with Crippen molar-refractivity contribution in [2.45, 2.75) is 50.9 Å². The molecule has 138 valence electrons. The van der Waals surface area contributed by atoms with Gasteiger partial charge in [0.2, 0.25) is 5.91 Å². The number of amides is 1. The summed E-state index contributed by atoms with van der Waals surface area (Å²) in [7, 11) is 0. The van der Waals surface area contributed by atoms with Gasteiger partial charge in [-0.2, -0.15) is 5.10 Å². The zero-order valence-corrected chi connectivity index (χ0v) is 15.1. The van der Waals surface area contributed by atoms with Crippen LogP contribution in [0.15, 0.2) is 30.5 Å². The molecule has 4 nitrogen and oxygen atoms in total. The predicted octanol–water partition coefficient (Wildman–Crippen LogP) is 4.50. The molecule has 0 radical (unpaired) electrons. The van der Waals surface area contributed by atoms with E-state index in [2.05, 4.69) is 15.1 Å². The zero-order chi connectivity index (χ0) is 17.9. The van der Waals surface area contributed by atoms with Crippen molar-refractivity contribution in [1.82, 2.24) is 15.1 Å². The summed E-state index contributed by atoms with van der Waals surface area (Å²) in [5, 5.41) is 7.38. The maximum Gasteiger partial charge on any atom is 0.225 e. The van der Waals surface area contributed by atoms with Crippen LogP contribution in [0.5, 0.6) is 0 Å². The van der Waals surface area contributed by atoms with Crippen molar-refractivity contribution in [2.75, 3.05) is 13.1 Å². The molecule has 1 aromatic carbocycles. The number of carbonyl (C=O) groups is 1. The second-order valence-electron chi connectivity index (χ2n) is 7.66. The van der Waals surface area contributed by atoms with Crippen molar-refractivity contribution >= 4 is 5.91 Å². The summed E-state index contributed by atoms with van der Waals surface area (Å²) in [5.41, 5.74) is 3.05. The lowest BCUT2D eigenvalue weighted by Gasteiger charge is -2.36. The average Bonchev–Trinajstić information content (AvgIpc) is 3.19. The topological polar surface area (TPSA) is 49.0 Å². The molecule has 1 N–H and O–H groups in total. The van der Waals surface area contributed by atoms with Gasteiger partial charge in [-0.25, -0.2) is 4.39 Å². The van der Waals surface area contributed by atoms with Crippen molar-refractivity contribution < 1.29 is 9.18 Å². The number of hydrogen-bond acceptors (Lipinski definition) is 2. The molecular weight excluding hydrogens is 329 g/mol. The number of likely N-dealkylation sites (tertiary alicyclic amines) is 1. The quantitative estimate of drug-likeness (QED) is 0.881. The van der Waals surface area contributed by atoms with Crippen LogP contribution in [-0.4, -0.2) is 34.1 Å². The Hall–Kier alpha value is -2.17. The number of rotatable bonds is 3. The van der Waals surface area contributed by atoms with Crippen molar-refractivity contribution in [3.63, 3.8) is 0 Å². The highest BCUT2D eigenvalue weighted by atomic mass is 19.1. The summed E-state index contributed by atoms with van der Waals surface area (Å²) >= 11 is 0. The van der Waals surface area contributed by atoms with E-state index in [0.717, 1.165) is 55.6 Å². The molecule has 0 unspecified atom stereocenters. The zero-order valence-electron chi connectivity index (χ0n) is 15.1. The Morgan fingerprint density at radius 2 is 1.85 bits per heavy atom. The number of nitrogens with one attached hydrogen (secondary N) is 1. The number of benzene rings is 1. The SMILES string of the molecule is O=C(C1CCCCC1)N1CCC[C@@H](c2[nH]ncc2-c2ccc(F)cc2)C1. The van der Waals surface area contributed by atoms with Crippen LogP contribution < -0.4 is 0 Å². The maximum absolute atomic E-state index is 13.2. The van der Waals surface area contributed by atoms with Crippen molar-refractivity contribution in [1.29, 1.82) is 0 Å². The Morgan fingerprint density at radius 3 is 2.62 bits per heavy atom. The van der Waals surface area contributed by atoms with E-state index in [4.69, 9.17) is 0 Å². The Bertz CT molecular complexity index is 749. The van der Waals surface area contributed by atoms with Gasteiger partial charge in [0.05, 0.1) is 6.20 Å². The highest BCUT2D eigenvalue weighted by molar-refractivity contribution is 5.79. The molecule has 1 saturated carbocycles. The third-order valence-corrected chi connectivity index (χ3v) is 5.92. The first-order chi connectivity index (χ1) is 12.7. The molecule has 1 aliphatic carbocycles. The van der Waals surface area contributed by atoms with Gasteiger partial charge in [0.15, 0.2) is 0 Å². The van der Waals surface area contributed by atoms with Crippen LogP contribution in [0.3, 0.4) is 0 Å². The molecule has 0 spiro atoms. The Kier molecular flexibility index (Phi) is 5.05. The molecule has 1 aromatic heterocycles. The van der Waals surface area contributed by atoms with E-state index in [1.165, 1.54) is 31.4 Å². The number of hydrogen-bond donors (Lipinski definition) is 1. The molecule has 2 aromatic rings. The van der Waals surface area contributed by atoms with Crippen LogP contribution in [-0.2, 0) is 4.79 Å². The van der Waals surface area contributed by atoms with E-state index in [1.807, 2.05) is 6.20 Å². The van der Waals surface area contributed by atoms with E-state index < -0.39 is 0 Å². The summed E-state index contributed by atoms with van der Waals surface area (Å²) in [5.74, 6) is 0.595. The second-order valence-corrected chi connectivity index (χ2v) is 7.66. The van der Waals surface area contributed by atoms with E-state index in [1.54, 1.807) is 12.1 Å². The summed E-state index contributed by atoms with van der Waals surface area (Å²) in [6.07, 6.45) is 9.60. The van der Waals surface area contributed by atoms with E-state index in [9.17, 15) is 9.18 Å². The molecule has 0 bridgehead atoms. The molecule has 1 saturated heterocycles. The number of carbonyl (C=O) groups excluding carboxylic acids is 1. The van der Waals surface area contributed by atoms with Gasteiger partial charge in [-0.3, -0.25) is 9.89 Å². The van der Waals surface area contributed by atoms with Crippen LogP contribution >= 0.6 is 0 Å². The molecule has 4 rings (SSSR count). The largest absolute Gasteiger partial charge is 0.342 e. The van der Waals surface area contributed by atoms with Gasteiger partial charge in [0.1, 0.15) is 5.82 Å². The summed E-state index contributed by atoms with van der Waals surface area (Å²) in [6, 6.07) is 6.53. The van der Waals surface area contributed by atoms with Crippen LogP contribution in [0.2, 0.25) is 0 Å². The van der Waals surface area contributed by atoms with Gasteiger partial charge >= 0.3 is 0 Å². The number of piperidine rings is 1. The van der Waals surface area contributed by atoms with Gasteiger partial charge in [-0.1, -0.05) is 31.4 Å². The molecule has 5 heteroatoms. The normalized spacial score (nSPS) is 21.7. The van der Waals surface area contributed by atoms with Crippen LogP contribution in [0.4, 0.5) is 4.39 Å². The number of aromatic nitrogens is 2. The first-order valence-electron chi connectivity index (χ1n) is 9.80. The predicted molar refractivity (Wildman–Crippen MR) is 99.1 cm³/mol. The fraction of sp³-hybridized carbons (Fsp3) is 0.524. The second kappa shape index (κ2) is 7.60. The first-order valence-corrected chi connectivity index (χ1v) is 9.80. The highest BCUT2D eigenvalue weighted by Gasteiger charge is 2.31. The van der Waals surface area contributed by atoms with E-state index >= 15 is 0 Å². The Labute approximate surface area is 153 Å². The summed E-state index contributed by atoms with van der Waals surface area (Å²) < 4.78 is 13.2. The third kappa shape index (κ3) is 3.53. The number of aromatic amines is 1. The lowest BCUT2D eigenvalue weighted by molar-refractivity contribution is -0.137. The van der Waals surface area contributed by atoms with Gasteiger partial charge in [0, 0.05) is 36.2 Å². The molecule has 1 amide bonds. The number of nitrogens with zero attached hydrogens (tertiary/aromatic N) is 2. The van der Waals surface area contributed by atoms with Crippen LogP contribution in [0.1, 0.15) is 56.6 Å². The van der Waals surface area contributed by atoms with Gasteiger partial charge in [0.25, 0.3) is 0 Å². The number of halogens is 1. The minimum absolute atomic E-state index is 0.223. The maximum atomic E-state index is 13.2. The van der Waals surface area contributed by atoms with E-state index in [-0.39, 0.29) is 17.7 Å². The Balaban J connectivity index is 1.51. The molecule has 2 fully saturated rings. The minimum Gasteiger partial charge on any atom is -0.342 e. The van der Waals surface area contributed by atoms with Crippen molar-refractivity contribution in [3.05, 3.63) is 42.0 Å². The highest BCUT2D eigenvalue weighted by Crippen LogP contribution is 2.34. The summed E-state index contributed by atoms with van der Waals surface area (Å²) in [4.78, 5) is 15.0. The van der Waals surface area contributed by atoms with Gasteiger partial charge in [-0.15, -0.1) is 0 Å². The van der Waals surface area contributed by atoms with Crippen molar-refractivity contribution in [3.8, 4) is 11.1 Å². The molecule has 1 aliphatic heterocycles. The summed E-state index contributed by atoms with van der Waals surface area (Å²) in [6.45, 7) is 1.62. The van der Waals surface area contributed by atoms with Crippen molar-refractivity contribution in [2.24, 2.45) is 5.92 Å². The third-order valence-electron chi connectivity index (χ3n) is 5.92. The van der Waals surface area contributed by atoms with Gasteiger partial charge < -0.3 is 4.90 Å². The standard InChI is InChI=1S/C21H26FN3O/c22-18-10-8-15(9-11-18)19-13-23-24-20(19)17-7-4-12-25(14-17)21(26)16-5-2-1-3-6-16/h8-11,13,16-17H,1-7,12,14H2,(H,23,24)/t17-/m1/s1. The fourth-order valence-corrected chi connectivity index (χ4v) is 4.49. The monoisotopic (exact) mass is 355 g/mol. The lowest BCUT2D eigenvalue weighted by Crippen LogP contribution is -2.43. The van der Waals surface area contributed by atoms with E-state index in [0.29, 0.717) is 5.91 Å². The first kappa shape index (κ1) is 17.3. The molecule has 2 heterocycles. The van der Waals surface area contributed by atoms with Gasteiger partial charge in [-0.05, 0) is 43.4 Å². The molecule has 2 aliphatic rings. The Morgan fingerprint density at radius 1 is 1.08 bits per heavy atom. The molecule has 26 heavy (non-hydrogen) atoms. The fourth-order valence-electron chi connectivity index (χ4n) is 4.49. The number of H-pyrrole nitrogens is 1. The average molecular weight is 355 g/mol. The molecular formula is C21H26FN3O.